The van der Waals surface area contributed by atoms with Crippen molar-refractivity contribution in [2.75, 3.05) is 7.11 Å². The molecule has 21 heavy (non-hydrogen) atoms. The highest BCUT2D eigenvalue weighted by molar-refractivity contribution is 5.73. The highest BCUT2D eigenvalue weighted by atomic mass is 16.5. The van der Waals surface area contributed by atoms with E-state index in [0.29, 0.717) is 0 Å². The van der Waals surface area contributed by atoms with E-state index in [1.165, 1.54) is 12.7 Å². The van der Waals surface area contributed by atoms with E-state index in [9.17, 15) is 4.79 Å². The molecule has 0 saturated carbocycles. The first-order chi connectivity index (χ1) is 10.1. The maximum atomic E-state index is 11.7. The molecular weight excluding hydrogens is 264 g/mol. The van der Waals surface area contributed by atoms with Gasteiger partial charge in [-0.1, -0.05) is 32.0 Å². The molecule has 0 unspecified atom stereocenters. The average molecular weight is 286 g/mol. The van der Waals surface area contributed by atoms with E-state index in [-0.39, 0.29) is 12.4 Å². The predicted molar refractivity (Wildman–Crippen MR) is 82.8 cm³/mol. The van der Waals surface area contributed by atoms with Gasteiger partial charge < -0.3 is 4.74 Å². The van der Waals surface area contributed by atoms with Crippen LogP contribution >= 0.6 is 0 Å². The summed E-state index contributed by atoms with van der Waals surface area (Å²) in [5.41, 5.74) is 5.31. The minimum atomic E-state index is -0.219. The molecule has 0 atom stereocenters. The van der Waals surface area contributed by atoms with Gasteiger partial charge in [0.1, 0.15) is 0 Å². The van der Waals surface area contributed by atoms with Gasteiger partial charge in [-0.05, 0) is 31.4 Å². The molecule has 0 bridgehead atoms. The third-order valence-electron chi connectivity index (χ3n) is 3.74. The number of benzene rings is 1. The zero-order valence-corrected chi connectivity index (χ0v) is 13.1. The number of esters is 1. The lowest BCUT2D eigenvalue weighted by Gasteiger charge is -2.10. The Bertz CT molecular complexity index is 644. The minimum Gasteiger partial charge on any atom is -0.469 e. The van der Waals surface area contributed by atoms with E-state index in [2.05, 4.69) is 32.9 Å². The molecule has 0 saturated heterocycles. The number of hydrogen-bond donors (Lipinski definition) is 0. The summed E-state index contributed by atoms with van der Waals surface area (Å²) in [5.74, 6) is -0.219. The van der Waals surface area contributed by atoms with Gasteiger partial charge in [-0.15, -0.1) is 0 Å². The average Bonchev–Trinajstić information content (AvgIpc) is 2.84. The van der Waals surface area contributed by atoms with Crippen molar-refractivity contribution < 1.29 is 9.53 Å². The summed E-state index contributed by atoms with van der Waals surface area (Å²) >= 11 is 0. The van der Waals surface area contributed by atoms with Crippen molar-refractivity contribution in [1.82, 2.24) is 9.78 Å². The summed E-state index contributed by atoms with van der Waals surface area (Å²) in [6.45, 7) is 6.22. The lowest BCUT2D eigenvalue weighted by molar-refractivity contribution is -0.139. The third kappa shape index (κ3) is 2.99. The predicted octanol–water partition coefficient (Wildman–Crippen LogP) is 3.02. The molecule has 0 aliphatic rings. The largest absolute Gasteiger partial charge is 0.469 e. The van der Waals surface area contributed by atoms with Crippen LogP contribution < -0.4 is 0 Å². The highest BCUT2D eigenvalue weighted by Crippen LogP contribution is 2.23. The van der Waals surface area contributed by atoms with Crippen LogP contribution in [0.2, 0.25) is 0 Å². The van der Waals surface area contributed by atoms with Crippen LogP contribution in [-0.4, -0.2) is 22.9 Å². The number of carbonyl (C=O) groups excluding carboxylic acids is 1. The lowest BCUT2D eigenvalue weighted by Crippen LogP contribution is -2.09. The van der Waals surface area contributed by atoms with Crippen molar-refractivity contribution in [2.24, 2.45) is 0 Å². The molecular formula is C17H22N2O2. The van der Waals surface area contributed by atoms with Crippen molar-refractivity contribution in [3.8, 4) is 5.69 Å². The highest BCUT2D eigenvalue weighted by Gasteiger charge is 2.19. The Kier molecular flexibility index (Phi) is 4.78. The Morgan fingerprint density at radius 3 is 2.52 bits per heavy atom. The standard InChI is InChI=1S/C17H22N2O2/c1-5-14-13(11-17(20)21-4)15(6-2)19(18-14)16-10-8-7-9-12(16)3/h7-10H,5-6,11H2,1-4H3. The van der Waals surface area contributed by atoms with Crippen molar-refractivity contribution in [1.29, 1.82) is 0 Å². The van der Waals surface area contributed by atoms with Crippen molar-refractivity contribution >= 4 is 5.97 Å². The van der Waals surface area contributed by atoms with Gasteiger partial charge in [0.05, 0.1) is 24.9 Å². The van der Waals surface area contributed by atoms with E-state index < -0.39 is 0 Å². The Hall–Kier alpha value is -2.10. The van der Waals surface area contributed by atoms with Crippen molar-refractivity contribution in [2.45, 2.75) is 40.0 Å². The summed E-state index contributed by atoms with van der Waals surface area (Å²) in [4.78, 5) is 11.7. The van der Waals surface area contributed by atoms with Crippen LogP contribution in [0.25, 0.3) is 5.69 Å². The van der Waals surface area contributed by atoms with E-state index in [0.717, 1.165) is 35.5 Å². The molecule has 0 fully saturated rings. The number of methoxy groups -OCH3 is 1. The maximum absolute atomic E-state index is 11.7. The molecule has 0 aliphatic heterocycles. The molecule has 1 aromatic heterocycles. The van der Waals surface area contributed by atoms with E-state index in [1.54, 1.807) is 0 Å². The molecule has 0 aliphatic carbocycles. The lowest BCUT2D eigenvalue weighted by atomic mass is 10.1. The molecule has 0 N–H and O–H groups in total. The Morgan fingerprint density at radius 1 is 1.24 bits per heavy atom. The molecule has 1 aromatic carbocycles. The second-order valence-corrected chi connectivity index (χ2v) is 5.03. The summed E-state index contributed by atoms with van der Waals surface area (Å²) in [6.07, 6.45) is 1.92. The summed E-state index contributed by atoms with van der Waals surface area (Å²) < 4.78 is 6.79. The molecule has 0 radical (unpaired) electrons. The fraction of sp³-hybridized carbons (Fsp3) is 0.412. The fourth-order valence-corrected chi connectivity index (χ4v) is 2.60. The van der Waals surface area contributed by atoms with Crippen LogP contribution in [-0.2, 0) is 28.8 Å². The summed E-state index contributed by atoms with van der Waals surface area (Å²) in [5, 5.41) is 4.73. The van der Waals surface area contributed by atoms with Crippen LogP contribution in [0.15, 0.2) is 24.3 Å². The second-order valence-electron chi connectivity index (χ2n) is 5.03. The van der Waals surface area contributed by atoms with E-state index in [4.69, 9.17) is 9.84 Å². The van der Waals surface area contributed by atoms with Crippen LogP contribution in [0.4, 0.5) is 0 Å². The molecule has 1 heterocycles. The number of aromatic nitrogens is 2. The molecule has 2 rings (SSSR count). The van der Waals surface area contributed by atoms with Crippen LogP contribution in [0.1, 0.15) is 36.4 Å². The van der Waals surface area contributed by atoms with Gasteiger partial charge >= 0.3 is 5.97 Å². The zero-order chi connectivity index (χ0) is 15.4. The smallest absolute Gasteiger partial charge is 0.310 e. The van der Waals surface area contributed by atoms with Gasteiger partial charge in [0, 0.05) is 11.3 Å². The van der Waals surface area contributed by atoms with Crippen LogP contribution in [0.3, 0.4) is 0 Å². The van der Waals surface area contributed by atoms with Gasteiger partial charge in [-0.3, -0.25) is 4.79 Å². The zero-order valence-electron chi connectivity index (χ0n) is 13.1. The monoisotopic (exact) mass is 286 g/mol. The molecule has 0 amide bonds. The normalized spacial score (nSPS) is 10.7. The Morgan fingerprint density at radius 2 is 1.95 bits per heavy atom. The number of hydrogen-bond acceptors (Lipinski definition) is 3. The number of para-hydroxylation sites is 1. The molecule has 4 heteroatoms. The molecule has 112 valence electrons. The minimum absolute atomic E-state index is 0.219. The van der Waals surface area contributed by atoms with Gasteiger partial charge in [0.2, 0.25) is 0 Å². The van der Waals surface area contributed by atoms with Crippen molar-refractivity contribution in [3.05, 3.63) is 46.8 Å². The van der Waals surface area contributed by atoms with Gasteiger partial charge in [-0.25, -0.2) is 4.68 Å². The number of aryl methyl sites for hydroxylation is 2. The van der Waals surface area contributed by atoms with E-state index in [1.807, 2.05) is 16.8 Å². The Balaban J connectivity index is 2.58. The SMILES string of the molecule is CCc1nn(-c2ccccc2C)c(CC)c1CC(=O)OC. The fourth-order valence-electron chi connectivity index (χ4n) is 2.60. The first-order valence-corrected chi connectivity index (χ1v) is 7.34. The van der Waals surface area contributed by atoms with Crippen LogP contribution in [0, 0.1) is 6.92 Å². The molecule has 4 nitrogen and oxygen atoms in total. The Labute approximate surface area is 125 Å². The van der Waals surface area contributed by atoms with Gasteiger partial charge in [0.25, 0.3) is 0 Å². The van der Waals surface area contributed by atoms with Crippen molar-refractivity contribution in [3.63, 3.8) is 0 Å². The number of ether oxygens (including phenoxy) is 1. The summed E-state index contributed by atoms with van der Waals surface area (Å²) in [6, 6.07) is 8.16. The van der Waals surface area contributed by atoms with Gasteiger partial charge in [-0.2, -0.15) is 5.10 Å². The molecule has 0 spiro atoms. The second kappa shape index (κ2) is 6.57. The first-order valence-electron chi connectivity index (χ1n) is 7.34. The quantitative estimate of drug-likeness (QED) is 0.794. The number of rotatable bonds is 5. The first kappa shape index (κ1) is 15.3. The van der Waals surface area contributed by atoms with Gasteiger partial charge in [0.15, 0.2) is 0 Å². The number of carbonyl (C=O) groups is 1. The topological polar surface area (TPSA) is 44.1 Å². The molecule has 2 aromatic rings. The maximum Gasteiger partial charge on any atom is 0.310 e. The third-order valence-corrected chi connectivity index (χ3v) is 3.74. The number of nitrogens with zero attached hydrogens (tertiary/aromatic N) is 2. The van der Waals surface area contributed by atoms with Crippen LogP contribution in [0.5, 0.6) is 0 Å². The van der Waals surface area contributed by atoms with E-state index >= 15 is 0 Å². The summed E-state index contributed by atoms with van der Waals surface area (Å²) in [7, 11) is 1.42.